The summed E-state index contributed by atoms with van der Waals surface area (Å²) < 4.78 is 0. The molecule has 0 saturated carbocycles. The van der Waals surface area contributed by atoms with Gasteiger partial charge in [0, 0.05) is 62.3 Å². The lowest BCUT2D eigenvalue weighted by Crippen LogP contribution is -2.45. The van der Waals surface area contributed by atoms with Gasteiger partial charge in [0.15, 0.2) is 0 Å². The molecule has 4 rings (SSSR count). The van der Waals surface area contributed by atoms with Gasteiger partial charge in [-0.3, -0.25) is 14.5 Å². The lowest BCUT2D eigenvalue weighted by atomic mass is 9.94. The van der Waals surface area contributed by atoms with Gasteiger partial charge >= 0.3 is 0 Å². The zero-order valence-corrected chi connectivity index (χ0v) is 19.6. The second-order valence-electron chi connectivity index (χ2n) is 8.95. The van der Waals surface area contributed by atoms with Crippen molar-refractivity contribution in [2.45, 2.75) is 32.7 Å². The van der Waals surface area contributed by atoms with Crippen molar-refractivity contribution in [1.29, 1.82) is 0 Å². The Hall–Kier alpha value is -2.37. The average molecular weight is 454 g/mol. The number of carbonyl (C=O) groups excluding carboxylic acids is 2. The summed E-state index contributed by atoms with van der Waals surface area (Å²) in [5, 5.41) is 0.626. The van der Waals surface area contributed by atoms with E-state index < -0.39 is 0 Å². The second-order valence-corrected chi connectivity index (χ2v) is 9.39. The molecule has 2 aliphatic heterocycles. The first-order valence-corrected chi connectivity index (χ1v) is 12.0. The quantitative estimate of drug-likeness (QED) is 0.695. The van der Waals surface area contributed by atoms with E-state index in [4.69, 9.17) is 11.6 Å². The fourth-order valence-electron chi connectivity index (χ4n) is 4.74. The number of aryl methyl sites for hydroxylation is 1. The topological polar surface area (TPSA) is 43.9 Å². The maximum absolute atomic E-state index is 13.2. The first-order chi connectivity index (χ1) is 15.5. The summed E-state index contributed by atoms with van der Waals surface area (Å²) in [4.78, 5) is 32.3. The number of nitrogens with zero attached hydrogens (tertiary/aromatic N) is 3. The molecule has 32 heavy (non-hydrogen) atoms. The molecule has 0 spiro atoms. The van der Waals surface area contributed by atoms with Gasteiger partial charge in [0.1, 0.15) is 0 Å². The van der Waals surface area contributed by atoms with Crippen LogP contribution in [-0.4, -0.2) is 65.8 Å². The van der Waals surface area contributed by atoms with Crippen molar-refractivity contribution in [2.75, 3.05) is 39.3 Å². The third-order valence-corrected chi connectivity index (χ3v) is 7.03. The highest BCUT2D eigenvalue weighted by Gasteiger charge is 2.31. The van der Waals surface area contributed by atoms with Crippen LogP contribution in [0, 0.1) is 12.8 Å². The van der Waals surface area contributed by atoms with E-state index >= 15 is 0 Å². The average Bonchev–Trinajstić information content (AvgIpc) is 3.06. The number of hydrogen-bond acceptors (Lipinski definition) is 3. The summed E-state index contributed by atoms with van der Waals surface area (Å²) in [6.45, 7) is 7.91. The predicted octanol–water partition coefficient (Wildman–Crippen LogP) is 4.24. The Balaban J connectivity index is 1.27. The normalized spacial score (nSPS) is 18.4. The Morgan fingerprint density at radius 3 is 2.31 bits per heavy atom. The van der Waals surface area contributed by atoms with Crippen LogP contribution in [0.15, 0.2) is 48.5 Å². The number of benzene rings is 2. The summed E-state index contributed by atoms with van der Waals surface area (Å²) in [7, 11) is 0. The second kappa shape index (κ2) is 10.5. The van der Waals surface area contributed by atoms with E-state index in [2.05, 4.69) is 41.0 Å². The van der Waals surface area contributed by atoms with Gasteiger partial charge in [-0.2, -0.15) is 0 Å². The highest BCUT2D eigenvalue weighted by atomic mass is 35.5. The first kappa shape index (κ1) is 22.8. The Morgan fingerprint density at radius 2 is 1.59 bits per heavy atom. The molecule has 5 nitrogen and oxygen atoms in total. The van der Waals surface area contributed by atoms with Crippen molar-refractivity contribution in [3.63, 3.8) is 0 Å². The van der Waals surface area contributed by atoms with E-state index in [1.165, 1.54) is 11.1 Å². The molecule has 0 aromatic heterocycles. The standard InChI is InChI=1S/C26H32ClN3O2/c1-20-5-2-3-6-23(20)19-28-13-4-14-29(18-17-28)26(32)22-11-15-30(16-12-22)25(31)21-7-9-24(27)10-8-21/h2-3,5-10,22H,4,11-19H2,1H3. The molecular formula is C26H32ClN3O2. The highest BCUT2D eigenvalue weighted by molar-refractivity contribution is 6.30. The van der Waals surface area contributed by atoms with Crippen LogP contribution in [0.4, 0.5) is 0 Å². The maximum atomic E-state index is 13.2. The van der Waals surface area contributed by atoms with Gasteiger partial charge in [0.2, 0.25) is 5.91 Å². The minimum atomic E-state index is 0.0205. The number of likely N-dealkylation sites (tertiary alicyclic amines) is 1. The van der Waals surface area contributed by atoms with Crippen LogP contribution in [0.2, 0.25) is 5.02 Å². The molecule has 2 aromatic rings. The molecular weight excluding hydrogens is 422 g/mol. The molecule has 2 aromatic carbocycles. The van der Waals surface area contributed by atoms with Crippen molar-refractivity contribution in [3.05, 3.63) is 70.2 Å². The van der Waals surface area contributed by atoms with E-state index in [1.807, 2.05) is 4.90 Å². The van der Waals surface area contributed by atoms with Crippen LogP contribution in [0.1, 0.15) is 40.7 Å². The monoisotopic (exact) mass is 453 g/mol. The molecule has 0 N–H and O–H groups in total. The van der Waals surface area contributed by atoms with Crippen molar-refractivity contribution in [2.24, 2.45) is 5.92 Å². The van der Waals surface area contributed by atoms with Gasteiger partial charge in [0.25, 0.3) is 5.91 Å². The minimum Gasteiger partial charge on any atom is -0.341 e. The molecule has 170 valence electrons. The molecule has 0 radical (unpaired) electrons. The minimum absolute atomic E-state index is 0.0205. The Bertz CT molecular complexity index is 938. The van der Waals surface area contributed by atoms with Gasteiger partial charge in [0.05, 0.1) is 0 Å². The molecule has 2 fully saturated rings. The summed E-state index contributed by atoms with van der Waals surface area (Å²) in [6, 6.07) is 15.6. The lowest BCUT2D eigenvalue weighted by Gasteiger charge is -2.34. The Labute approximate surface area is 195 Å². The number of piperidine rings is 1. The number of rotatable bonds is 4. The molecule has 2 aliphatic rings. The summed E-state index contributed by atoms with van der Waals surface area (Å²) in [5.41, 5.74) is 3.34. The molecule has 0 aliphatic carbocycles. The van der Waals surface area contributed by atoms with Crippen LogP contribution in [-0.2, 0) is 11.3 Å². The zero-order valence-electron chi connectivity index (χ0n) is 18.8. The van der Waals surface area contributed by atoms with Crippen molar-refractivity contribution < 1.29 is 9.59 Å². The summed E-state index contributed by atoms with van der Waals surface area (Å²) in [6.07, 6.45) is 2.48. The summed E-state index contributed by atoms with van der Waals surface area (Å²) >= 11 is 5.93. The van der Waals surface area contributed by atoms with Crippen LogP contribution in [0.5, 0.6) is 0 Å². The van der Waals surface area contributed by atoms with Crippen molar-refractivity contribution >= 4 is 23.4 Å². The zero-order chi connectivity index (χ0) is 22.5. The third-order valence-electron chi connectivity index (χ3n) is 6.78. The lowest BCUT2D eigenvalue weighted by molar-refractivity contribution is -0.136. The van der Waals surface area contributed by atoms with Gasteiger partial charge in [-0.1, -0.05) is 35.9 Å². The van der Waals surface area contributed by atoms with Gasteiger partial charge in [-0.15, -0.1) is 0 Å². The van der Waals surface area contributed by atoms with Crippen LogP contribution in [0.3, 0.4) is 0 Å². The van der Waals surface area contributed by atoms with E-state index in [1.54, 1.807) is 24.3 Å². The Kier molecular flexibility index (Phi) is 7.48. The van der Waals surface area contributed by atoms with Crippen molar-refractivity contribution in [1.82, 2.24) is 14.7 Å². The number of halogens is 1. The fraction of sp³-hybridized carbons (Fsp3) is 0.462. The molecule has 6 heteroatoms. The van der Waals surface area contributed by atoms with Gasteiger partial charge in [-0.05, 0) is 61.6 Å². The van der Waals surface area contributed by atoms with Crippen molar-refractivity contribution in [3.8, 4) is 0 Å². The highest BCUT2D eigenvalue weighted by Crippen LogP contribution is 2.23. The molecule has 2 heterocycles. The van der Waals surface area contributed by atoms with Crippen LogP contribution in [0.25, 0.3) is 0 Å². The molecule has 0 bridgehead atoms. The summed E-state index contributed by atoms with van der Waals surface area (Å²) in [5.74, 6) is 0.308. The SMILES string of the molecule is Cc1ccccc1CN1CCCN(C(=O)C2CCN(C(=O)c3ccc(Cl)cc3)CC2)CC1. The van der Waals surface area contributed by atoms with E-state index in [0.717, 1.165) is 52.0 Å². The molecule has 2 saturated heterocycles. The Morgan fingerprint density at radius 1 is 0.875 bits per heavy atom. The number of hydrogen-bond donors (Lipinski definition) is 0. The van der Waals surface area contributed by atoms with E-state index in [9.17, 15) is 9.59 Å². The molecule has 0 unspecified atom stereocenters. The molecule has 2 amide bonds. The van der Waals surface area contributed by atoms with Gasteiger partial charge in [-0.25, -0.2) is 0 Å². The maximum Gasteiger partial charge on any atom is 0.253 e. The van der Waals surface area contributed by atoms with E-state index in [0.29, 0.717) is 23.7 Å². The molecule has 0 atom stereocenters. The fourth-order valence-corrected chi connectivity index (χ4v) is 4.87. The third kappa shape index (κ3) is 5.51. The smallest absolute Gasteiger partial charge is 0.253 e. The predicted molar refractivity (Wildman–Crippen MR) is 128 cm³/mol. The van der Waals surface area contributed by atoms with Gasteiger partial charge < -0.3 is 9.80 Å². The van der Waals surface area contributed by atoms with E-state index in [-0.39, 0.29) is 17.7 Å². The number of carbonyl (C=O) groups is 2. The van der Waals surface area contributed by atoms with Crippen LogP contribution < -0.4 is 0 Å². The first-order valence-electron chi connectivity index (χ1n) is 11.6. The number of amides is 2. The largest absolute Gasteiger partial charge is 0.341 e. The van der Waals surface area contributed by atoms with Crippen LogP contribution >= 0.6 is 11.6 Å².